The van der Waals surface area contributed by atoms with Gasteiger partial charge in [0.1, 0.15) is 0 Å². The van der Waals surface area contributed by atoms with E-state index in [0.29, 0.717) is 5.92 Å². The van der Waals surface area contributed by atoms with Crippen LogP contribution in [0.4, 0.5) is 17.6 Å². The van der Waals surface area contributed by atoms with Crippen molar-refractivity contribution in [2.75, 3.05) is 6.54 Å². The molecule has 1 atom stereocenters. The molecule has 0 rings (SSSR count). The van der Waals surface area contributed by atoms with Crippen LogP contribution in [-0.2, 0) is 0 Å². The zero-order chi connectivity index (χ0) is 12.1. The fourth-order valence-corrected chi connectivity index (χ4v) is 1.07. The molecule has 0 fully saturated rings. The molecule has 1 N–H and O–H groups in total. The van der Waals surface area contributed by atoms with Gasteiger partial charge < -0.3 is 5.32 Å². The van der Waals surface area contributed by atoms with Crippen LogP contribution >= 0.6 is 0 Å². The molecule has 5 heteroatoms. The Hall–Kier alpha value is -0.320. The molecule has 15 heavy (non-hydrogen) atoms. The number of hydrogen-bond donors (Lipinski definition) is 1. The Labute approximate surface area is 88.2 Å². The second kappa shape index (κ2) is 6.30. The molecule has 92 valence electrons. The van der Waals surface area contributed by atoms with E-state index in [2.05, 4.69) is 5.32 Å². The van der Waals surface area contributed by atoms with Gasteiger partial charge in [0.2, 0.25) is 0 Å². The molecule has 0 spiro atoms. The quantitative estimate of drug-likeness (QED) is 0.660. The van der Waals surface area contributed by atoms with Crippen molar-refractivity contribution in [1.82, 2.24) is 5.32 Å². The van der Waals surface area contributed by atoms with Crippen LogP contribution in [0.15, 0.2) is 0 Å². The predicted octanol–water partition coefficient (Wildman–Crippen LogP) is 3.30. The summed E-state index contributed by atoms with van der Waals surface area (Å²) < 4.78 is 48.6. The molecule has 0 saturated heterocycles. The van der Waals surface area contributed by atoms with Crippen molar-refractivity contribution in [3.05, 3.63) is 0 Å². The molecular weight excluding hydrogens is 210 g/mol. The van der Waals surface area contributed by atoms with Gasteiger partial charge in [-0.05, 0) is 25.7 Å². The summed E-state index contributed by atoms with van der Waals surface area (Å²) in [4.78, 5) is 0. The minimum Gasteiger partial charge on any atom is -0.308 e. The van der Waals surface area contributed by atoms with E-state index < -0.39 is 18.9 Å². The van der Waals surface area contributed by atoms with Gasteiger partial charge in [-0.15, -0.1) is 0 Å². The molecule has 0 heterocycles. The molecule has 0 aliphatic heterocycles. The standard InChI is InChI=1S/C10H19F4N/c1-7(2)4-5-8(3)15-6-10(13,14)9(11)12/h7-9,15H,4-6H2,1-3H3. The van der Waals surface area contributed by atoms with Gasteiger partial charge in [0, 0.05) is 6.04 Å². The highest BCUT2D eigenvalue weighted by Crippen LogP contribution is 2.21. The van der Waals surface area contributed by atoms with Gasteiger partial charge >= 0.3 is 12.3 Å². The lowest BCUT2D eigenvalue weighted by atomic mass is 10.0. The van der Waals surface area contributed by atoms with Crippen LogP contribution in [0.1, 0.15) is 33.6 Å². The van der Waals surface area contributed by atoms with Crippen LogP contribution < -0.4 is 5.32 Å². The minimum absolute atomic E-state index is 0.156. The maximum atomic E-state index is 12.5. The van der Waals surface area contributed by atoms with Crippen molar-refractivity contribution in [1.29, 1.82) is 0 Å². The van der Waals surface area contributed by atoms with Gasteiger partial charge in [0.05, 0.1) is 6.54 Å². The first-order valence-electron chi connectivity index (χ1n) is 5.15. The first kappa shape index (κ1) is 14.7. The van der Waals surface area contributed by atoms with E-state index in [4.69, 9.17) is 0 Å². The van der Waals surface area contributed by atoms with Gasteiger partial charge in [-0.3, -0.25) is 0 Å². The van der Waals surface area contributed by atoms with Gasteiger partial charge in [0.25, 0.3) is 0 Å². The Bertz CT molecular complexity index is 171. The molecule has 0 aliphatic carbocycles. The maximum absolute atomic E-state index is 12.5. The molecule has 0 amide bonds. The molecule has 0 saturated carbocycles. The summed E-state index contributed by atoms with van der Waals surface area (Å²) in [6, 6.07) is -0.156. The Morgan fingerprint density at radius 3 is 2.00 bits per heavy atom. The van der Waals surface area contributed by atoms with Crippen LogP contribution in [0.2, 0.25) is 0 Å². The van der Waals surface area contributed by atoms with Crippen molar-refractivity contribution in [3.63, 3.8) is 0 Å². The van der Waals surface area contributed by atoms with Gasteiger partial charge in [-0.2, -0.15) is 8.78 Å². The number of hydrogen-bond acceptors (Lipinski definition) is 1. The summed E-state index contributed by atoms with van der Waals surface area (Å²) in [7, 11) is 0. The number of halogens is 4. The van der Waals surface area contributed by atoms with E-state index >= 15 is 0 Å². The summed E-state index contributed by atoms with van der Waals surface area (Å²) in [5.41, 5.74) is 0. The fraction of sp³-hybridized carbons (Fsp3) is 1.00. The molecule has 0 bridgehead atoms. The highest BCUT2D eigenvalue weighted by molar-refractivity contribution is 4.74. The SMILES string of the molecule is CC(C)CCC(C)NCC(F)(F)C(F)F. The highest BCUT2D eigenvalue weighted by atomic mass is 19.3. The summed E-state index contributed by atoms with van der Waals surface area (Å²) in [5, 5.41) is 2.43. The van der Waals surface area contributed by atoms with Crippen LogP contribution in [0.3, 0.4) is 0 Å². The zero-order valence-electron chi connectivity index (χ0n) is 9.37. The van der Waals surface area contributed by atoms with Crippen LogP contribution in [0.5, 0.6) is 0 Å². The lowest BCUT2D eigenvalue weighted by molar-refractivity contribution is -0.126. The largest absolute Gasteiger partial charge is 0.319 e. The second-order valence-corrected chi connectivity index (χ2v) is 4.31. The topological polar surface area (TPSA) is 12.0 Å². The molecule has 0 radical (unpaired) electrons. The van der Waals surface area contributed by atoms with Crippen molar-refractivity contribution in [2.24, 2.45) is 5.92 Å². The number of rotatable bonds is 7. The highest BCUT2D eigenvalue weighted by Gasteiger charge is 2.40. The summed E-state index contributed by atoms with van der Waals surface area (Å²) in [5.74, 6) is -3.43. The molecule has 0 aromatic heterocycles. The predicted molar refractivity (Wildman–Crippen MR) is 52.5 cm³/mol. The van der Waals surface area contributed by atoms with Crippen LogP contribution in [0, 0.1) is 5.92 Å². The minimum atomic E-state index is -3.92. The third-order valence-electron chi connectivity index (χ3n) is 2.18. The normalized spacial score (nSPS) is 15.0. The third-order valence-corrected chi connectivity index (χ3v) is 2.18. The molecule has 1 unspecified atom stereocenters. The summed E-state index contributed by atoms with van der Waals surface area (Å²) in [6.07, 6.45) is -1.98. The van der Waals surface area contributed by atoms with E-state index in [1.165, 1.54) is 0 Å². The molecule has 0 aromatic carbocycles. The second-order valence-electron chi connectivity index (χ2n) is 4.31. The fourth-order valence-electron chi connectivity index (χ4n) is 1.07. The number of nitrogens with one attached hydrogen (secondary N) is 1. The average Bonchev–Trinajstić information content (AvgIpc) is 2.11. The lowest BCUT2D eigenvalue weighted by Gasteiger charge is -2.20. The van der Waals surface area contributed by atoms with E-state index in [0.717, 1.165) is 12.8 Å². The van der Waals surface area contributed by atoms with Crippen LogP contribution in [-0.4, -0.2) is 24.9 Å². The molecule has 1 nitrogen and oxygen atoms in total. The van der Waals surface area contributed by atoms with E-state index in [1.54, 1.807) is 6.92 Å². The van der Waals surface area contributed by atoms with E-state index in [9.17, 15) is 17.6 Å². The van der Waals surface area contributed by atoms with Gasteiger partial charge in [-0.1, -0.05) is 13.8 Å². The molecular formula is C10H19F4N. The van der Waals surface area contributed by atoms with Gasteiger partial charge in [-0.25, -0.2) is 8.78 Å². The molecule has 0 aromatic rings. The average molecular weight is 229 g/mol. The van der Waals surface area contributed by atoms with Crippen molar-refractivity contribution < 1.29 is 17.6 Å². The Morgan fingerprint density at radius 1 is 1.07 bits per heavy atom. The monoisotopic (exact) mass is 229 g/mol. The van der Waals surface area contributed by atoms with Gasteiger partial charge in [0.15, 0.2) is 0 Å². The first-order chi connectivity index (χ1) is 6.75. The molecule has 0 aliphatic rings. The van der Waals surface area contributed by atoms with E-state index in [-0.39, 0.29) is 6.04 Å². The van der Waals surface area contributed by atoms with E-state index in [1.807, 2.05) is 13.8 Å². The van der Waals surface area contributed by atoms with Crippen molar-refractivity contribution in [2.45, 2.75) is 52.0 Å². The smallest absolute Gasteiger partial charge is 0.308 e. The Balaban J connectivity index is 3.75. The number of alkyl halides is 4. The first-order valence-corrected chi connectivity index (χ1v) is 5.15. The van der Waals surface area contributed by atoms with Crippen molar-refractivity contribution in [3.8, 4) is 0 Å². The maximum Gasteiger partial charge on any atom is 0.319 e. The zero-order valence-corrected chi connectivity index (χ0v) is 9.37. The van der Waals surface area contributed by atoms with Crippen LogP contribution in [0.25, 0.3) is 0 Å². The van der Waals surface area contributed by atoms with Crippen molar-refractivity contribution >= 4 is 0 Å². The lowest BCUT2D eigenvalue weighted by Crippen LogP contribution is -2.42. The third kappa shape index (κ3) is 6.71. The summed E-state index contributed by atoms with van der Waals surface area (Å²) in [6.45, 7) is 4.83. The Kier molecular flexibility index (Phi) is 6.17. The summed E-state index contributed by atoms with van der Waals surface area (Å²) >= 11 is 0. The Morgan fingerprint density at radius 2 is 1.60 bits per heavy atom.